The fraction of sp³-hybridized carbons (Fsp3) is 0.500. The van der Waals surface area contributed by atoms with Crippen LogP contribution in [0, 0.1) is 6.92 Å². The first-order valence-corrected chi connectivity index (χ1v) is 6.49. The van der Waals surface area contributed by atoms with Crippen LogP contribution in [-0.4, -0.2) is 55.6 Å². The zero-order chi connectivity index (χ0) is 15.0. The Kier molecular flexibility index (Phi) is 7.00. The molecule has 0 saturated carbocycles. The van der Waals surface area contributed by atoms with E-state index in [0.29, 0.717) is 18.7 Å². The van der Waals surface area contributed by atoms with Crippen molar-refractivity contribution < 1.29 is 19.7 Å². The monoisotopic (exact) mass is 282 g/mol. The highest BCUT2D eigenvalue weighted by Gasteiger charge is 2.11. The first-order valence-electron chi connectivity index (χ1n) is 6.49. The quantitative estimate of drug-likeness (QED) is 0.509. The van der Waals surface area contributed by atoms with Gasteiger partial charge < -0.3 is 25.6 Å². The van der Waals surface area contributed by atoms with Crippen LogP contribution in [0.15, 0.2) is 18.2 Å². The lowest BCUT2D eigenvalue weighted by molar-refractivity contribution is 0.0936. The molecule has 0 bridgehead atoms. The molecule has 1 unspecified atom stereocenters. The van der Waals surface area contributed by atoms with Gasteiger partial charge in [0.1, 0.15) is 0 Å². The van der Waals surface area contributed by atoms with E-state index in [1.807, 2.05) is 13.0 Å². The Balaban J connectivity index is 2.71. The fourth-order valence-electron chi connectivity index (χ4n) is 1.73. The highest BCUT2D eigenvalue weighted by Crippen LogP contribution is 2.18. The van der Waals surface area contributed by atoms with E-state index in [9.17, 15) is 9.90 Å². The summed E-state index contributed by atoms with van der Waals surface area (Å²) in [6.07, 6.45) is -0.825. The van der Waals surface area contributed by atoms with E-state index >= 15 is 0 Å². The Hall–Kier alpha value is -1.63. The number of methoxy groups -OCH3 is 1. The normalized spacial score (nSPS) is 12.0. The summed E-state index contributed by atoms with van der Waals surface area (Å²) in [4.78, 5) is 12.0. The van der Waals surface area contributed by atoms with Gasteiger partial charge in [0, 0.05) is 31.5 Å². The Labute approximate surface area is 118 Å². The average Bonchev–Trinajstić information content (AvgIpc) is 2.45. The summed E-state index contributed by atoms with van der Waals surface area (Å²) in [6, 6.07) is 5.34. The first-order chi connectivity index (χ1) is 9.60. The lowest BCUT2D eigenvalue weighted by Gasteiger charge is -2.15. The van der Waals surface area contributed by atoms with Crippen LogP contribution in [0.2, 0.25) is 0 Å². The summed E-state index contributed by atoms with van der Waals surface area (Å²) in [5, 5.41) is 23.9. The van der Waals surface area contributed by atoms with Crippen molar-refractivity contribution in [2.45, 2.75) is 13.0 Å². The Morgan fingerprint density at radius 3 is 2.85 bits per heavy atom. The van der Waals surface area contributed by atoms with Crippen LogP contribution >= 0.6 is 0 Å². The van der Waals surface area contributed by atoms with E-state index < -0.39 is 6.10 Å². The Morgan fingerprint density at radius 1 is 1.45 bits per heavy atom. The van der Waals surface area contributed by atoms with Gasteiger partial charge in [0.2, 0.25) is 0 Å². The Bertz CT molecular complexity index is 437. The molecule has 1 rings (SSSR count). The number of ether oxygens (including phenoxy) is 1. The van der Waals surface area contributed by atoms with Crippen LogP contribution in [0.1, 0.15) is 15.9 Å². The molecule has 0 aromatic heterocycles. The van der Waals surface area contributed by atoms with Crippen molar-refractivity contribution >= 4 is 11.6 Å². The predicted octanol–water partition coefficient (Wildman–Crippen LogP) is 0.136. The van der Waals surface area contributed by atoms with E-state index in [1.54, 1.807) is 19.2 Å². The second-order valence-electron chi connectivity index (χ2n) is 4.44. The molecule has 0 aliphatic carbocycles. The van der Waals surface area contributed by atoms with Gasteiger partial charge in [0.25, 0.3) is 5.91 Å². The first kappa shape index (κ1) is 16.4. The summed E-state index contributed by atoms with van der Waals surface area (Å²) >= 11 is 0. The number of aliphatic hydroxyl groups excluding tert-OH is 2. The second-order valence-corrected chi connectivity index (χ2v) is 4.44. The average molecular weight is 282 g/mol. The largest absolute Gasteiger partial charge is 0.394 e. The van der Waals surface area contributed by atoms with Crippen LogP contribution in [0.25, 0.3) is 0 Å². The van der Waals surface area contributed by atoms with Crippen molar-refractivity contribution in [2.75, 3.05) is 38.7 Å². The van der Waals surface area contributed by atoms with E-state index in [2.05, 4.69) is 10.6 Å². The summed E-state index contributed by atoms with van der Waals surface area (Å²) in [7, 11) is 1.58. The van der Waals surface area contributed by atoms with Crippen molar-refractivity contribution in [3.05, 3.63) is 29.3 Å². The number of hydrogen-bond donors (Lipinski definition) is 4. The van der Waals surface area contributed by atoms with E-state index in [-0.39, 0.29) is 19.1 Å². The van der Waals surface area contributed by atoms with Crippen molar-refractivity contribution in [2.24, 2.45) is 0 Å². The molecule has 6 nitrogen and oxygen atoms in total. The SMILES string of the molecule is COCCNC(=O)c1cccc(NCC(O)CO)c1C. The molecule has 0 heterocycles. The number of nitrogens with one attached hydrogen (secondary N) is 2. The zero-order valence-corrected chi connectivity index (χ0v) is 11.8. The second kappa shape index (κ2) is 8.52. The zero-order valence-electron chi connectivity index (χ0n) is 11.8. The third kappa shape index (κ3) is 4.80. The molecule has 1 atom stereocenters. The highest BCUT2D eigenvalue weighted by molar-refractivity contribution is 5.97. The molecule has 0 radical (unpaired) electrons. The number of aliphatic hydroxyl groups is 2. The van der Waals surface area contributed by atoms with Gasteiger partial charge in [-0.2, -0.15) is 0 Å². The maximum absolute atomic E-state index is 12.0. The van der Waals surface area contributed by atoms with Crippen molar-refractivity contribution in [3.8, 4) is 0 Å². The molecule has 0 saturated heterocycles. The summed E-state index contributed by atoms with van der Waals surface area (Å²) in [5.74, 6) is -0.161. The number of rotatable bonds is 8. The number of carbonyl (C=O) groups excluding carboxylic acids is 1. The summed E-state index contributed by atoms with van der Waals surface area (Å²) in [6.45, 7) is 2.68. The van der Waals surface area contributed by atoms with Gasteiger partial charge in [0.15, 0.2) is 0 Å². The number of benzene rings is 1. The van der Waals surface area contributed by atoms with Gasteiger partial charge in [-0.25, -0.2) is 0 Å². The molecule has 0 fully saturated rings. The predicted molar refractivity (Wildman–Crippen MR) is 77.0 cm³/mol. The maximum Gasteiger partial charge on any atom is 0.251 e. The van der Waals surface area contributed by atoms with Gasteiger partial charge in [-0.1, -0.05) is 6.07 Å². The van der Waals surface area contributed by atoms with Crippen molar-refractivity contribution in [1.82, 2.24) is 5.32 Å². The molecular formula is C14H22N2O4. The molecule has 0 aliphatic heterocycles. The molecule has 4 N–H and O–H groups in total. The highest BCUT2D eigenvalue weighted by atomic mass is 16.5. The minimum Gasteiger partial charge on any atom is -0.394 e. The van der Waals surface area contributed by atoms with Crippen molar-refractivity contribution in [3.63, 3.8) is 0 Å². The van der Waals surface area contributed by atoms with E-state index in [1.165, 1.54) is 0 Å². The summed E-state index contributed by atoms with van der Waals surface area (Å²) in [5.41, 5.74) is 2.13. The standard InChI is InChI=1S/C14H22N2O4/c1-10-12(14(19)15-6-7-20-2)4-3-5-13(10)16-8-11(18)9-17/h3-5,11,16-18H,6-9H2,1-2H3,(H,15,19). The van der Waals surface area contributed by atoms with Crippen LogP contribution in [-0.2, 0) is 4.74 Å². The van der Waals surface area contributed by atoms with Gasteiger partial charge >= 0.3 is 0 Å². The number of carbonyl (C=O) groups is 1. The number of anilines is 1. The summed E-state index contributed by atoms with van der Waals surface area (Å²) < 4.78 is 4.88. The third-order valence-corrected chi connectivity index (χ3v) is 2.91. The van der Waals surface area contributed by atoms with Gasteiger partial charge in [-0.15, -0.1) is 0 Å². The van der Waals surface area contributed by atoms with Crippen LogP contribution in [0.4, 0.5) is 5.69 Å². The maximum atomic E-state index is 12.0. The lowest BCUT2D eigenvalue weighted by Crippen LogP contribution is -2.28. The lowest BCUT2D eigenvalue weighted by atomic mass is 10.1. The molecule has 112 valence electrons. The number of amides is 1. The van der Waals surface area contributed by atoms with Gasteiger partial charge in [-0.05, 0) is 24.6 Å². The molecule has 0 aliphatic rings. The minimum atomic E-state index is -0.825. The van der Waals surface area contributed by atoms with Crippen LogP contribution in [0.3, 0.4) is 0 Å². The van der Waals surface area contributed by atoms with Crippen LogP contribution in [0.5, 0.6) is 0 Å². The van der Waals surface area contributed by atoms with Crippen LogP contribution < -0.4 is 10.6 Å². The fourth-order valence-corrected chi connectivity index (χ4v) is 1.73. The Morgan fingerprint density at radius 2 is 2.20 bits per heavy atom. The molecular weight excluding hydrogens is 260 g/mol. The molecule has 0 spiro atoms. The molecule has 1 aromatic carbocycles. The van der Waals surface area contributed by atoms with Gasteiger partial charge in [0.05, 0.1) is 19.3 Å². The third-order valence-electron chi connectivity index (χ3n) is 2.91. The number of hydrogen-bond acceptors (Lipinski definition) is 5. The topological polar surface area (TPSA) is 90.8 Å². The molecule has 6 heteroatoms. The van der Waals surface area contributed by atoms with Crippen molar-refractivity contribution in [1.29, 1.82) is 0 Å². The molecule has 1 aromatic rings. The van der Waals surface area contributed by atoms with Gasteiger partial charge in [-0.3, -0.25) is 4.79 Å². The minimum absolute atomic E-state index is 0.161. The molecule has 20 heavy (non-hydrogen) atoms. The van der Waals surface area contributed by atoms with E-state index in [0.717, 1.165) is 11.3 Å². The smallest absolute Gasteiger partial charge is 0.251 e. The van der Waals surface area contributed by atoms with E-state index in [4.69, 9.17) is 9.84 Å². The molecule has 1 amide bonds.